The number of nitrogens with two attached hydrogens (primary N) is 1. The average Bonchev–Trinajstić information content (AvgIpc) is 2.42. The Morgan fingerprint density at radius 1 is 1.43 bits per heavy atom. The smallest absolute Gasteiger partial charge is 0.398 e. The summed E-state index contributed by atoms with van der Waals surface area (Å²) in [5, 5.41) is 1.69. The first-order valence-corrected chi connectivity index (χ1v) is 7.54. The first-order valence-electron chi connectivity index (χ1n) is 6.33. The van der Waals surface area contributed by atoms with Gasteiger partial charge in [0.2, 0.25) is 5.91 Å². The van der Waals surface area contributed by atoms with Crippen molar-refractivity contribution in [3.63, 3.8) is 0 Å². The van der Waals surface area contributed by atoms with E-state index in [2.05, 4.69) is 5.32 Å². The van der Waals surface area contributed by atoms with Crippen LogP contribution in [-0.2, 0) is 21.8 Å². The third-order valence-electron chi connectivity index (χ3n) is 2.79. The van der Waals surface area contributed by atoms with E-state index in [1.165, 1.54) is 6.92 Å². The molecule has 0 aliphatic rings. The minimum atomic E-state index is -4.52. The van der Waals surface area contributed by atoms with Crippen LogP contribution >= 0.6 is 0 Å². The van der Waals surface area contributed by atoms with Crippen LogP contribution in [0.4, 0.5) is 18.9 Å². The van der Waals surface area contributed by atoms with Gasteiger partial charge in [-0.25, -0.2) is 0 Å². The third kappa shape index (κ3) is 4.45. The lowest BCUT2D eigenvalue weighted by Gasteiger charge is -2.14. The van der Waals surface area contributed by atoms with Crippen molar-refractivity contribution < 1.29 is 22.2 Å². The topological polar surface area (TPSA) is 72.2 Å². The monoisotopic (exact) mass is 322 g/mol. The van der Waals surface area contributed by atoms with Crippen molar-refractivity contribution in [3.8, 4) is 0 Å². The summed E-state index contributed by atoms with van der Waals surface area (Å²) in [6.07, 6.45) is -3.79. The lowest BCUT2D eigenvalue weighted by Crippen LogP contribution is -2.36. The summed E-state index contributed by atoms with van der Waals surface area (Å²) in [5.41, 5.74) is 4.38. The highest BCUT2D eigenvalue weighted by Gasteiger charge is 2.32. The Balaban J connectivity index is 2.95. The molecule has 0 aromatic heterocycles. The normalized spacial score (nSPS) is 14.5. The van der Waals surface area contributed by atoms with Gasteiger partial charge >= 0.3 is 6.18 Å². The maximum atomic E-state index is 12.5. The van der Waals surface area contributed by atoms with Gasteiger partial charge in [-0.15, -0.1) is 0 Å². The van der Waals surface area contributed by atoms with Crippen molar-refractivity contribution in [3.05, 3.63) is 23.8 Å². The molecule has 21 heavy (non-hydrogen) atoms. The van der Waals surface area contributed by atoms with Crippen LogP contribution in [0.2, 0.25) is 0 Å². The second kappa shape index (κ2) is 6.93. The lowest BCUT2D eigenvalue weighted by atomic mass is 10.2. The molecule has 0 radical (unpaired) electrons. The molecule has 0 aliphatic heterocycles. The first-order chi connectivity index (χ1) is 9.68. The van der Waals surface area contributed by atoms with E-state index in [-0.39, 0.29) is 10.6 Å². The number of nitrogen functional groups attached to an aromatic ring is 1. The molecule has 118 valence electrons. The number of alkyl halides is 3. The molecule has 2 unspecified atom stereocenters. The second-order valence-electron chi connectivity index (χ2n) is 4.48. The van der Waals surface area contributed by atoms with Gasteiger partial charge < -0.3 is 11.1 Å². The second-order valence-corrected chi connectivity index (χ2v) is 6.22. The molecule has 4 nitrogen and oxygen atoms in total. The van der Waals surface area contributed by atoms with Crippen molar-refractivity contribution in [2.24, 2.45) is 0 Å². The molecular formula is C13H17F3N2O2S. The number of hydrogen-bond acceptors (Lipinski definition) is 3. The number of benzene rings is 1. The van der Waals surface area contributed by atoms with E-state index in [1.807, 2.05) is 6.92 Å². The van der Waals surface area contributed by atoms with Crippen LogP contribution in [0, 0.1) is 0 Å². The summed E-state index contributed by atoms with van der Waals surface area (Å²) in [6.45, 7) is 3.76. The Kier molecular flexibility index (Phi) is 5.77. The average molecular weight is 322 g/mol. The summed E-state index contributed by atoms with van der Waals surface area (Å²) in [5.74, 6) is -0.422. The van der Waals surface area contributed by atoms with Gasteiger partial charge in [0.05, 0.1) is 21.3 Å². The highest BCUT2D eigenvalue weighted by atomic mass is 32.2. The number of carbonyl (C=O) groups excluding carboxylic acids is 1. The Hall–Kier alpha value is -1.57. The van der Waals surface area contributed by atoms with E-state index < -0.39 is 33.7 Å². The summed E-state index contributed by atoms with van der Waals surface area (Å²) in [4.78, 5) is 11.8. The van der Waals surface area contributed by atoms with Gasteiger partial charge in [-0.05, 0) is 31.5 Å². The molecule has 0 heterocycles. The predicted octanol–water partition coefficient (Wildman–Crippen LogP) is 2.31. The minimum absolute atomic E-state index is 0.0298. The molecule has 1 aromatic carbocycles. The van der Waals surface area contributed by atoms with Gasteiger partial charge in [0, 0.05) is 12.2 Å². The molecule has 0 saturated heterocycles. The van der Waals surface area contributed by atoms with Gasteiger partial charge in [-0.2, -0.15) is 13.2 Å². The minimum Gasteiger partial charge on any atom is -0.398 e. The van der Waals surface area contributed by atoms with Gasteiger partial charge in [0.15, 0.2) is 0 Å². The maximum absolute atomic E-state index is 12.5. The Morgan fingerprint density at radius 2 is 2.05 bits per heavy atom. The molecule has 0 bridgehead atoms. The standard InChI is InChI=1S/C13H17F3N2O2S/c1-3-6-18-12(19)8(2)21(20)11-5-4-9(7-10(11)17)13(14,15)16/h4-5,7-8H,3,6,17H2,1-2H3,(H,18,19). The fourth-order valence-corrected chi connectivity index (χ4v) is 2.74. The Bertz CT molecular complexity index is 547. The van der Waals surface area contributed by atoms with E-state index in [1.54, 1.807) is 0 Å². The number of carbonyl (C=O) groups is 1. The van der Waals surface area contributed by atoms with Gasteiger partial charge in [-0.3, -0.25) is 9.00 Å². The molecule has 1 aromatic rings. The van der Waals surface area contributed by atoms with E-state index in [4.69, 9.17) is 5.73 Å². The fourth-order valence-electron chi connectivity index (χ4n) is 1.59. The van der Waals surface area contributed by atoms with E-state index in [0.29, 0.717) is 6.54 Å². The quantitative estimate of drug-likeness (QED) is 0.817. The zero-order valence-electron chi connectivity index (χ0n) is 11.7. The molecule has 1 rings (SSSR count). The SMILES string of the molecule is CCCNC(=O)C(C)S(=O)c1ccc(C(F)(F)F)cc1N. The number of hydrogen-bond donors (Lipinski definition) is 2. The molecule has 2 atom stereocenters. The lowest BCUT2D eigenvalue weighted by molar-refractivity contribution is -0.137. The van der Waals surface area contributed by atoms with Crippen molar-refractivity contribution >= 4 is 22.4 Å². The summed E-state index contributed by atoms with van der Waals surface area (Å²) in [6, 6.07) is 2.59. The number of rotatable bonds is 5. The predicted molar refractivity (Wildman–Crippen MR) is 75.0 cm³/mol. The van der Waals surface area contributed by atoms with Crippen LogP contribution in [0.3, 0.4) is 0 Å². The first kappa shape index (κ1) is 17.5. The number of anilines is 1. The van der Waals surface area contributed by atoms with Crippen molar-refractivity contribution in [2.45, 2.75) is 36.6 Å². The molecule has 0 spiro atoms. The van der Waals surface area contributed by atoms with E-state index in [9.17, 15) is 22.2 Å². The zero-order valence-corrected chi connectivity index (χ0v) is 12.5. The Morgan fingerprint density at radius 3 is 2.52 bits per heavy atom. The molecule has 3 N–H and O–H groups in total. The number of halogens is 3. The zero-order chi connectivity index (χ0) is 16.2. The third-order valence-corrected chi connectivity index (χ3v) is 4.46. The number of nitrogens with one attached hydrogen (secondary N) is 1. The fraction of sp³-hybridized carbons (Fsp3) is 0.462. The van der Waals surface area contributed by atoms with Gasteiger partial charge in [-0.1, -0.05) is 6.92 Å². The molecule has 1 amide bonds. The summed E-state index contributed by atoms with van der Waals surface area (Å²) >= 11 is 0. The summed E-state index contributed by atoms with van der Waals surface area (Å²) < 4.78 is 49.8. The van der Waals surface area contributed by atoms with Crippen LogP contribution in [0.5, 0.6) is 0 Å². The molecule has 0 aliphatic carbocycles. The highest BCUT2D eigenvalue weighted by molar-refractivity contribution is 7.86. The van der Waals surface area contributed by atoms with Gasteiger partial charge in [0.1, 0.15) is 5.25 Å². The summed E-state index contributed by atoms with van der Waals surface area (Å²) in [7, 11) is -1.81. The van der Waals surface area contributed by atoms with Crippen molar-refractivity contribution in [2.75, 3.05) is 12.3 Å². The van der Waals surface area contributed by atoms with Crippen LogP contribution in [-0.4, -0.2) is 21.9 Å². The van der Waals surface area contributed by atoms with Gasteiger partial charge in [0.25, 0.3) is 0 Å². The molecule has 0 fully saturated rings. The molecular weight excluding hydrogens is 305 g/mol. The van der Waals surface area contributed by atoms with Crippen LogP contribution in [0.1, 0.15) is 25.8 Å². The Labute approximate surface area is 123 Å². The highest BCUT2D eigenvalue weighted by Crippen LogP contribution is 2.32. The van der Waals surface area contributed by atoms with Crippen molar-refractivity contribution in [1.82, 2.24) is 5.32 Å². The van der Waals surface area contributed by atoms with Crippen molar-refractivity contribution in [1.29, 1.82) is 0 Å². The van der Waals surface area contributed by atoms with E-state index >= 15 is 0 Å². The largest absolute Gasteiger partial charge is 0.416 e. The van der Waals surface area contributed by atoms with Crippen LogP contribution in [0.15, 0.2) is 23.1 Å². The van der Waals surface area contributed by atoms with Crippen LogP contribution in [0.25, 0.3) is 0 Å². The molecule has 0 saturated carbocycles. The van der Waals surface area contributed by atoms with E-state index in [0.717, 1.165) is 24.6 Å². The maximum Gasteiger partial charge on any atom is 0.416 e. The van der Waals surface area contributed by atoms with Crippen LogP contribution < -0.4 is 11.1 Å². The molecule has 8 heteroatoms. The number of amides is 1.